The maximum Gasteiger partial charge on any atom is 0.194 e. The first-order chi connectivity index (χ1) is 13.1. The lowest BCUT2D eigenvalue weighted by Crippen LogP contribution is -2.42. The largest absolute Gasteiger partial charge is 0.492 e. The Hall–Kier alpha value is -2.10. The van der Waals surface area contributed by atoms with Crippen LogP contribution in [0.3, 0.4) is 0 Å². The van der Waals surface area contributed by atoms with Crippen LogP contribution in [0.5, 0.6) is 5.75 Å². The van der Waals surface area contributed by atoms with Crippen LogP contribution in [0.15, 0.2) is 53.8 Å². The normalized spacial score (nSPS) is 10.9. The van der Waals surface area contributed by atoms with Crippen molar-refractivity contribution < 1.29 is 4.74 Å². The molecule has 28 heavy (non-hydrogen) atoms. The van der Waals surface area contributed by atoms with Crippen molar-refractivity contribution in [2.45, 2.75) is 26.8 Å². The molecule has 0 fully saturated rings. The van der Waals surface area contributed by atoms with Gasteiger partial charge in [-0.3, -0.25) is 0 Å². The maximum atomic E-state index is 5.78. The molecular formula is C20H31IN6O. The summed E-state index contributed by atoms with van der Waals surface area (Å²) in [6, 6.07) is 9.83. The summed E-state index contributed by atoms with van der Waals surface area (Å²) in [6.07, 6.45) is 2.63. The number of aromatic nitrogens is 3. The number of ether oxygens (including phenoxy) is 1. The summed E-state index contributed by atoms with van der Waals surface area (Å²) in [4.78, 5) is 6.71. The summed E-state index contributed by atoms with van der Waals surface area (Å²) in [7, 11) is 2.01. The highest BCUT2D eigenvalue weighted by molar-refractivity contribution is 14.0. The van der Waals surface area contributed by atoms with E-state index in [2.05, 4.69) is 43.5 Å². The number of nitrogens with zero attached hydrogens (tertiary/aromatic N) is 5. The molecule has 1 aromatic carbocycles. The van der Waals surface area contributed by atoms with E-state index >= 15 is 0 Å². The molecule has 0 saturated heterocycles. The van der Waals surface area contributed by atoms with Gasteiger partial charge in [0.05, 0.1) is 13.1 Å². The summed E-state index contributed by atoms with van der Waals surface area (Å²) in [6.45, 7) is 11.4. The van der Waals surface area contributed by atoms with Crippen molar-refractivity contribution in [3.05, 3.63) is 54.6 Å². The molecule has 8 heteroatoms. The molecule has 1 heterocycles. The molecule has 0 bridgehead atoms. The van der Waals surface area contributed by atoms with E-state index in [1.54, 1.807) is 6.33 Å². The minimum atomic E-state index is 0. The fourth-order valence-electron chi connectivity index (χ4n) is 2.47. The summed E-state index contributed by atoms with van der Waals surface area (Å²) in [5.74, 6) is 2.70. The van der Waals surface area contributed by atoms with Gasteiger partial charge in [-0.2, -0.15) is 0 Å². The van der Waals surface area contributed by atoms with E-state index in [0.29, 0.717) is 13.2 Å². The van der Waals surface area contributed by atoms with Crippen LogP contribution in [0.1, 0.15) is 19.7 Å². The number of guanidine groups is 1. The Labute approximate surface area is 184 Å². The standard InChI is InChI=1S/C20H30N6O.HI/c1-5-19-24-23-16-26(19)12-11-21-20(22-15-17(2)3)25(4)13-14-27-18-9-7-6-8-10-18;/h6-10,16H,2,5,11-15H2,1,3-4H3,(H,21,22);1H. The number of hydrogen-bond donors (Lipinski definition) is 1. The molecule has 0 amide bonds. The van der Waals surface area contributed by atoms with Gasteiger partial charge >= 0.3 is 0 Å². The molecule has 0 atom stereocenters. The predicted molar refractivity (Wildman–Crippen MR) is 125 cm³/mol. The predicted octanol–water partition coefficient (Wildman–Crippen LogP) is 2.99. The Kier molecular flexibility index (Phi) is 11.2. The topological polar surface area (TPSA) is 67.6 Å². The summed E-state index contributed by atoms with van der Waals surface area (Å²) in [5, 5.41) is 11.5. The number of benzene rings is 1. The number of rotatable bonds is 10. The number of halogens is 1. The Morgan fingerprint density at radius 1 is 1.32 bits per heavy atom. The number of aliphatic imine (C=N–C) groups is 1. The van der Waals surface area contributed by atoms with Gasteiger partial charge in [-0.05, 0) is 19.1 Å². The van der Waals surface area contributed by atoms with Gasteiger partial charge in [0, 0.05) is 26.6 Å². The minimum Gasteiger partial charge on any atom is -0.492 e. The fourth-order valence-corrected chi connectivity index (χ4v) is 2.47. The van der Waals surface area contributed by atoms with E-state index in [9.17, 15) is 0 Å². The average molecular weight is 498 g/mol. The van der Waals surface area contributed by atoms with Crippen molar-refractivity contribution in [2.24, 2.45) is 4.99 Å². The molecule has 7 nitrogen and oxygen atoms in total. The van der Waals surface area contributed by atoms with Crippen LogP contribution in [0, 0.1) is 0 Å². The van der Waals surface area contributed by atoms with Gasteiger partial charge < -0.3 is 19.5 Å². The summed E-state index contributed by atoms with van der Waals surface area (Å²) >= 11 is 0. The molecule has 0 radical (unpaired) electrons. The van der Waals surface area contributed by atoms with Crippen molar-refractivity contribution in [3.8, 4) is 5.75 Å². The Bertz CT molecular complexity index is 731. The lowest BCUT2D eigenvalue weighted by Gasteiger charge is -2.23. The first kappa shape index (κ1) is 23.9. The summed E-state index contributed by atoms with van der Waals surface area (Å²) in [5.41, 5.74) is 1.02. The van der Waals surface area contributed by atoms with Crippen molar-refractivity contribution in [1.29, 1.82) is 0 Å². The van der Waals surface area contributed by atoms with E-state index < -0.39 is 0 Å². The van der Waals surface area contributed by atoms with Crippen LogP contribution < -0.4 is 10.1 Å². The van der Waals surface area contributed by atoms with Crippen molar-refractivity contribution in [2.75, 3.05) is 33.3 Å². The molecule has 1 N–H and O–H groups in total. The monoisotopic (exact) mass is 498 g/mol. The molecule has 0 saturated carbocycles. The molecule has 2 rings (SSSR count). The van der Waals surface area contributed by atoms with Gasteiger partial charge in [0.2, 0.25) is 0 Å². The second-order valence-corrected chi connectivity index (χ2v) is 6.40. The summed E-state index contributed by atoms with van der Waals surface area (Å²) < 4.78 is 7.84. The number of likely N-dealkylation sites (N-methyl/N-ethyl adjacent to an activating group) is 1. The highest BCUT2D eigenvalue weighted by Gasteiger charge is 2.08. The molecule has 0 spiro atoms. The van der Waals surface area contributed by atoms with Gasteiger partial charge in [0.1, 0.15) is 24.5 Å². The molecule has 0 aliphatic rings. The van der Waals surface area contributed by atoms with Crippen molar-refractivity contribution in [1.82, 2.24) is 25.0 Å². The van der Waals surface area contributed by atoms with E-state index in [1.165, 1.54) is 0 Å². The number of nitrogens with one attached hydrogen (secondary N) is 1. The van der Waals surface area contributed by atoms with Crippen molar-refractivity contribution in [3.63, 3.8) is 0 Å². The van der Waals surface area contributed by atoms with Crippen LogP contribution in [-0.4, -0.2) is 58.9 Å². The first-order valence-corrected chi connectivity index (χ1v) is 9.28. The van der Waals surface area contributed by atoms with Crippen LogP contribution in [0.4, 0.5) is 0 Å². The van der Waals surface area contributed by atoms with Crippen LogP contribution >= 0.6 is 24.0 Å². The quantitative estimate of drug-likeness (QED) is 0.236. The zero-order valence-electron chi connectivity index (χ0n) is 17.0. The molecule has 0 aliphatic carbocycles. The van der Waals surface area contributed by atoms with E-state index in [1.807, 2.05) is 44.3 Å². The highest BCUT2D eigenvalue weighted by atomic mass is 127. The average Bonchev–Trinajstić information content (AvgIpc) is 3.12. The zero-order chi connectivity index (χ0) is 19.5. The van der Waals surface area contributed by atoms with E-state index in [-0.39, 0.29) is 24.0 Å². The lowest BCUT2D eigenvalue weighted by molar-refractivity contribution is 0.281. The maximum absolute atomic E-state index is 5.78. The second-order valence-electron chi connectivity index (χ2n) is 6.40. The molecule has 0 unspecified atom stereocenters. The SMILES string of the molecule is C=C(C)CN=C(NCCn1cnnc1CC)N(C)CCOc1ccccc1.I. The van der Waals surface area contributed by atoms with Crippen LogP contribution in [-0.2, 0) is 13.0 Å². The van der Waals surface area contributed by atoms with Crippen LogP contribution in [0.25, 0.3) is 0 Å². The minimum absolute atomic E-state index is 0. The molecule has 0 aliphatic heterocycles. The van der Waals surface area contributed by atoms with E-state index in [0.717, 1.165) is 49.2 Å². The third-order valence-corrected chi connectivity index (χ3v) is 3.95. The van der Waals surface area contributed by atoms with Gasteiger partial charge in [-0.15, -0.1) is 34.2 Å². The molecular weight excluding hydrogens is 467 g/mol. The molecule has 1 aromatic heterocycles. The molecule has 154 valence electrons. The third kappa shape index (κ3) is 8.28. The lowest BCUT2D eigenvalue weighted by atomic mass is 10.3. The Morgan fingerprint density at radius 3 is 2.75 bits per heavy atom. The van der Waals surface area contributed by atoms with Gasteiger partial charge in [-0.1, -0.05) is 37.3 Å². The van der Waals surface area contributed by atoms with Gasteiger partial charge in [0.25, 0.3) is 0 Å². The second kappa shape index (κ2) is 13.1. The Balaban J connectivity index is 0.00000392. The zero-order valence-corrected chi connectivity index (χ0v) is 19.3. The third-order valence-electron chi connectivity index (χ3n) is 3.95. The number of hydrogen-bond acceptors (Lipinski definition) is 4. The smallest absolute Gasteiger partial charge is 0.194 e. The number of aryl methyl sites for hydroxylation is 1. The van der Waals surface area contributed by atoms with Crippen molar-refractivity contribution >= 4 is 29.9 Å². The number of para-hydroxylation sites is 1. The van der Waals surface area contributed by atoms with Crippen LogP contribution in [0.2, 0.25) is 0 Å². The first-order valence-electron chi connectivity index (χ1n) is 9.28. The highest BCUT2D eigenvalue weighted by Crippen LogP contribution is 2.07. The Morgan fingerprint density at radius 2 is 2.07 bits per heavy atom. The van der Waals surface area contributed by atoms with Gasteiger partial charge in [-0.25, -0.2) is 4.99 Å². The van der Waals surface area contributed by atoms with Gasteiger partial charge in [0.15, 0.2) is 5.96 Å². The fraction of sp³-hybridized carbons (Fsp3) is 0.450. The molecule has 2 aromatic rings. The van der Waals surface area contributed by atoms with E-state index in [4.69, 9.17) is 4.74 Å².